The van der Waals surface area contributed by atoms with E-state index in [2.05, 4.69) is 33.9 Å². The average molecular weight is 392 g/mol. The Kier molecular flexibility index (Phi) is 3.98. The first-order valence-electron chi connectivity index (χ1n) is 7.89. The van der Waals surface area contributed by atoms with E-state index >= 15 is 0 Å². The molecule has 25 heavy (non-hydrogen) atoms. The van der Waals surface area contributed by atoms with Gasteiger partial charge in [0.05, 0.1) is 0 Å². The molecule has 1 aliphatic heterocycles. The number of hydrogen-bond donors (Lipinski definition) is 0. The minimum Gasteiger partial charge on any atom is -0.402 e. The molecular weight excluding hydrogens is 378 g/mol. The zero-order valence-electron chi connectivity index (χ0n) is 13.5. The number of fused-ring (bicyclic) bond motifs is 1. The predicted molar refractivity (Wildman–Crippen MR) is 103 cm³/mol. The topological polar surface area (TPSA) is 38.7 Å². The Bertz CT molecular complexity index is 1050. The van der Waals surface area contributed by atoms with E-state index in [0.717, 1.165) is 21.0 Å². The van der Waals surface area contributed by atoms with Gasteiger partial charge in [0.1, 0.15) is 0 Å². The molecule has 3 nitrogen and oxygen atoms in total. The molecule has 0 aliphatic carbocycles. The van der Waals surface area contributed by atoms with Gasteiger partial charge < -0.3 is 4.74 Å². The Labute approximate surface area is 153 Å². The van der Waals surface area contributed by atoms with Crippen LogP contribution in [0.2, 0.25) is 0 Å². The van der Waals surface area contributed by atoms with E-state index in [1.54, 1.807) is 6.08 Å². The molecule has 3 aromatic carbocycles. The fraction of sp³-hybridized carbons (Fsp3) is 0.0476. The van der Waals surface area contributed by atoms with Gasteiger partial charge in [0.15, 0.2) is 5.70 Å². The molecule has 0 saturated heterocycles. The lowest BCUT2D eigenvalue weighted by Crippen LogP contribution is -2.05. The second-order valence-corrected chi connectivity index (χ2v) is 6.78. The molecule has 0 radical (unpaired) electrons. The Morgan fingerprint density at radius 2 is 1.68 bits per heavy atom. The van der Waals surface area contributed by atoms with E-state index in [1.807, 2.05) is 54.6 Å². The number of aliphatic imine (C=N–C) groups is 1. The van der Waals surface area contributed by atoms with Crippen LogP contribution < -0.4 is 0 Å². The lowest BCUT2D eigenvalue weighted by molar-refractivity contribution is -0.129. The lowest BCUT2D eigenvalue weighted by atomic mass is 10.00. The highest BCUT2D eigenvalue weighted by Gasteiger charge is 2.24. The first-order valence-corrected chi connectivity index (χ1v) is 8.68. The summed E-state index contributed by atoms with van der Waals surface area (Å²) in [5, 5.41) is 2.26. The normalized spacial score (nSPS) is 15.5. The van der Waals surface area contributed by atoms with Crippen LogP contribution in [0.25, 0.3) is 16.8 Å². The second-order valence-electron chi connectivity index (χ2n) is 5.86. The quantitative estimate of drug-likeness (QED) is 0.441. The number of cyclic esters (lactones) is 1. The first kappa shape index (κ1) is 15.8. The maximum Gasteiger partial charge on any atom is 0.363 e. The number of carbonyl (C=O) groups excluding carboxylic acids is 1. The molecule has 0 unspecified atom stereocenters. The molecule has 0 spiro atoms. The Morgan fingerprint density at radius 1 is 0.960 bits per heavy atom. The molecule has 0 fully saturated rings. The summed E-state index contributed by atoms with van der Waals surface area (Å²) in [6, 6.07) is 19.7. The number of nitrogens with zero attached hydrogens (tertiary/aromatic N) is 1. The first-order chi connectivity index (χ1) is 12.1. The van der Waals surface area contributed by atoms with Crippen molar-refractivity contribution in [3.8, 4) is 0 Å². The third-order valence-electron chi connectivity index (χ3n) is 4.18. The SMILES string of the molecule is Cc1ccc(C=C2N=C(c3ccc(Br)cc3)OC2=O)c2ccccc12. The van der Waals surface area contributed by atoms with Gasteiger partial charge in [0, 0.05) is 10.0 Å². The van der Waals surface area contributed by atoms with Crippen molar-refractivity contribution in [2.45, 2.75) is 6.92 Å². The molecule has 3 aromatic rings. The summed E-state index contributed by atoms with van der Waals surface area (Å²) in [5.41, 5.74) is 3.24. The molecule has 0 amide bonds. The van der Waals surface area contributed by atoms with Gasteiger partial charge in [-0.3, -0.25) is 0 Å². The van der Waals surface area contributed by atoms with Gasteiger partial charge in [0.2, 0.25) is 5.90 Å². The van der Waals surface area contributed by atoms with E-state index in [-0.39, 0.29) is 0 Å². The van der Waals surface area contributed by atoms with Gasteiger partial charge >= 0.3 is 5.97 Å². The molecular formula is C21H14BrNO2. The van der Waals surface area contributed by atoms with Crippen molar-refractivity contribution in [1.29, 1.82) is 0 Å². The fourth-order valence-electron chi connectivity index (χ4n) is 2.87. The molecule has 1 aliphatic rings. The average Bonchev–Trinajstić information content (AvgIpc) is 2.99. The van der Waals surface area contributed by atoms with Crippen LogP contribution in [0.4, 0.5) is 0 Å². The van der Waals surface area contributed by atoms with Crippen molar-refractivity contribution in [3.05, 3.63) is 87.5 Å². The van der Waals surface area contributed by atoms with E-state index < -0.39 is 5.97 Å². The summed E-state index contributed by atoms with van der Waals surface area (Å²) in [6.07, 6.45) is 1.79. The number of rotatable bonds is 2. The highest BCUT2D eigenvalue weighted by Crippen LogP contribution is 2.26. The fourth-order valence-corrected chi connectivity index (χ4v) is 3.14. The van der Waals surface area contributed by atoms with Crippen molar-refractivity contribution < 1.29 is 9.53 Å². The molecule has 1 heterocycles. The molecule has 0 N–H and O–H groups in total. The maximum absolute atomic E-state index is 12.2. The van der Waals surface area contributed by atoms with Crippen LogP contribution in [-0.2, 0) is 9.53 Å². The van der Waals surface area contributed by atoms with Gasteiger partial charge in [-0.1, -0.05) is 52.3 Å². The monoisotopic (exact) mass is 391 g/mol. The summed E-state index contributed by atoms with van der Waals surface area (Å²) in [7, 11) is 0. The number of ether oxygens (including phenoxy) is 1. The Morgan fingerprint density at radius 3 is 2.44 bits per heavy atom. The van der Waals surface area contributed by atoms with Gasteiger partial charge in [-0.05, 0) is 59.2 Å². The number of aryl methyl sites for hydroxylation is 1. The third kappa shape index (κ3) is 3.01. The number of hydrogen-bond acceptors (Lipinski definition) is 3. The zero-order valence-corrected chi connectivity index (χ0v) is 15.1. The number of esters is 1. The van der Waals surface area contributed by atoms with Crippen molar-refractivity contribution in [1.82, 2.24) is 0 Å². The van der Waals surface area contributed by atoms with Crippen LogP contribution >= 0.6 is 15.9 Å². The van der Waals surface area contributed by atoms with E-state index in [1.165, 1.54) is 10.9 Å². The van der Waals surface area contributed by atoms with Crippen molar-refractivity contribution in [3.63, 3.8) is 0 Å². The maximum atomic E-state index is 12.2. The molecule has 0 bridgehead atoms. The van der Waals surface area contributed by atoms with Gasteiger partial charge in [-0.25, -0.2) is 9.79 Å². The standard InChI is InChI=1S/C21H14BrNO2/c1-13-6-7-15(18-5-3-2-4-17(13)18)12-19-21(24)25-20(23-19)14-8-10-16(22)11-9-14/h2-12H,1H3. The molecule has 4 heteroatoms. The van der Waals surface area contributed by atoms with Crippen LogP contribution in [-0.4, -0.2) is 11.9 Å². The van der Waals surface area contributed by atoms with Crippen LogP contribution in [0.5, 0.6) is 0 Å². The molecule has 122 valence electrons. The van der Waals surface area contributed by atoms with Gasteiger partial charge in [0.25, 0.3) is 0 Å². The van der Waals surface area contributed by atoms with E-state index in [9.17, 15) is 4.79 Å². The van der Waals surface area contributed by atoms with E-state index in [4.69, 9.17) is 4.74 Å². The molecule has 0 atom stereocenters. The largest absolute Gasteiger partial charge is 0.402 e. The number of benzene rings is 3. The number of halogens is 1. The summed E-state index contributed by atoms with van der Waals surface area (Å²) in [4.78, 5) is 16.6. The number of carbonyl (C=O) groups is 1. The Hall–Kier alpha value is -2.72. The highest BCUT2D eigenvalue weighted by atomic mass is 79.9. The lowest BCUT2D eigenvalue weighted by Gasteiger charge is -2.05. The van der Waals surface area contributed by atoms with Crippen LogP contribution in [0.1, 0.15) is 16.7 Å². The molecule has 4 rings (SSSR count). The summed E-state index contributed by atoms with van der Waals surface area (Å²) in [6.45, 7) is 2.08. The van der Waals surface area contributed by atoms with Crippen molar-refractivity contribution in [2.75, 3.05) is 0 Å². The third-order valence-corrected chi connectivity index (χ3v) is 4.71. The van der Waals surface area contributed by atoms with Crippen LogP contribution in [0.15, 0.2) is 75.8 Å². The summed E-state index contributed by atoms with van der Waals surface area (Å²) in [5.74, 6) is -0.0947. The highest BCUT2D eigenvalue weighted by molar-refractivity contribution is 9.10. The van der Waals surface area contributed by atoms with E-state index in [0.29, 0.717) is 11.6 Å². The van der Waals surface area contributed by atoms with Crippen LogP contribution in [0.3, 0.4) is 0 Å². The minimum absolute atomic E-state index is 0.312. The summed E-state index contributed by atoms with van der Waals surface area (Å²) >= 11 is 3.39. The van der Waals surface area contributed by atoms with Crippen molar-refractivity contribution in [2.24, 2.45) is 4.99 Å². The second kappa shape index (κ2) is 6.30. The smallest absolute Gasteiger partial charge is 0.363 e. The molecule has 0 aromatic heterocycles. The Balaban J connectivity index is 1.78. The molecule has 0 saturated carbocycles. The predicted octanol–water partition coefficient (Wildman–Crippen LogP) is 5.26. The van der Waals surface area contributed by atoms with Gasteiger partial charge in [-0.2, -0.15) is 0 Å². The van der Waals surface area contributed by atoms with Gasteiger partial charge in [-0.15, -0.1) is 0 Å². The minimum atomic E-state index is -0.428. The summed E-state index contributed by atoms with van der Waals surface area (Å²) < 4.78 is 6.30. The zero-order chi connectivity index (χ0) is 17.4. The van der Waals surface area contributed by atoms with Crippen molar-refractivity contribution >= 4 is 44.6 Å². The van der Waals surface area contributed by atoms with Crippen LogP contribution in [0, 0.1) is 6.92 Å².